The van der Waals surface area contributed by atoms with Crippen LogP contribution in [0, 0.1) is 0 Å². The van der Waals surface area contributed by atoms with Crippen LogP contribution in [0.25, 0.3) is 0 Å². The Bertz CT molecular complexity index is 1280. The molecule has 1 fully saturated rings. The van der Waals surface area contributed by atoms with Gasteiger partial charge in [-0.1, -0.05) is 0 Å². The van der Waals surface area contributed by atoms with E-state index in [2.05, 4.69) is 20.4 Å². The van der Waals surface area contributed by atoms with Gasteiger partial charge in [-0.15, -0.1) is 0 Å². The van der Waals surface area contributed by atoms with Crippen LogP contribution in [0.4, 0.5) is 5.82 Å². The number of carbonyl (C=O) groups excluding carboxylic acids is 2. The number of benzene rings is 1. The van der Waals surface area contributed by atoms with Gasteiger partial charge in [0.1, 0.15) is 23.8 Å². The van der Waals surface area contributed by atoms with Crippen LogP contribution in [0.1, 0.15) is 47.2 Å². The molecule has 36 heavy (non-hydrogen) atoms. The first-order valence-electron chi connectivity index (χ1n) is 11.7. The van der Waals surface area contributed by atoms with E-state index in [1.54, 1.807) is 52.4 Å². The van der Waals surface area contributed by atoms with Crippen molar-refractivity contribution in [2.24, 2.45) is 0 Å². The van der Waals surface area contributed by atoms with E-state index in [9.17, 15) is 9.59 Å². The molecular weight excluding hydrogens is 464 g/mol. The zero-order valence-corrected chi connectivity index (χ0v) is 20.0. The zero-order chi connectivity index (χ0) is 25.1. The van der Waals surface area contributed by atoms with Gasteiger partial charge in [0.2, 0.25) is 5.88 Å². The Hall–Kier alpha value is -4.41. The number of amides is 2. The molecule has 0 radical (unpaired) electrons. The summed E-state index contributed by atoms with van der Waals surface area (Å²) in [5, 5.41) is 7.16. The summed E-state index contributed by atoms with van der Waals surface area (Å²) in [6, 6.07) is 6.74. The van der Waals surface area contributed by atoms with E-state index in [0.29, 0.717) is 29.5 Å². The second-order valence-corrected chi connectivity index (χ2v) is 8.73. The molecule has 0 saturated carbocycles. The van der Waals surface area contributed by atoms with Gasteiger partial charge >= 0.3 is 0 Å². The smallest absolute Gasteiger partial charge is 0.274 e. The predicted molar refractivity (Wildman–Crippen MR) is 129 cm³/mol. The standard InChI is InChI=1S/C25H26N6O5/c1-16(2)31-8-4-22(29-31)28-24(32)17-10-19(35-18-5-9-34-15-18)12-20(11-17)36-23-14-26-21(13-27-23)25(33)30-6-3-7-30/h4-5,8-14,16,18H,3,6-7,15H2,1-2H3,(H,28,29,32)/t18-/m0/s1. The molecule has 2 aliphatic rings. The third-order valence-electron chi connectivity index (χ3n) is 5.67. The topological polar surface area (TPSA) is 121 Å². The maximum absolute atomic E-state index is 13.0. The predicted octanol–water partition coefficient (Wildman–Crippen LogP) is 3.44. The largest absolute Gasteiger partial charge is 0.497 e. The van der Waals surface area contributed by atoms with Gasteiger partial charge in [-0.3, -0.25) is 14.3 Å². The lowest BCUT2D eigenvalue weighted by atomic mass is 10.2. The van der Waals surface area contributed by atoms with Gasteiger partial charge < -0.3 is 24.4 Å². The SMILES string of the molecule is CC(C)n1ccc(NC(=O)c2cc(Oc3cnc(C(=O)N4CCC4)cn3)cc(O[C@H]3C=COC3)c2)n1. The lowest BCUT2D eigenvalue weighted by Crippen LogP contribution is -2.42. The lowest BCUT2D eigenvalue weighted by molar-refractivity contribution is 0.0645. The Morgan fingerprint density at radius 3 is 2.61 bits per heavy atom. The number of nitrogens with zero attached hydrogens (tertiary/aromatic N) is 5. The molecule has 2 aliphatic heterocycles. The molecule has 1 saturated heterocycles. The number of aromatic nitrogens is 4. The highest BCUT2D eigenvalue weighted by Crippen LogP contribution is 2.28. The van der Waals surface area contributed by atoms with E-state index in [1.165, 1.54) is 12.4 Å². The normalized spacial score (nSPS) is 16.4. The van der Waals surface area contributed by atoms with Gasteiger partial charge in [-0.2, -0.15) is 5.10 Å². The van der Waals surface area contributed by atoms with Crippen LogP contribution in [0.5, 0.6) is 17.4 Å². The third kappa shape index (κ3) is 5.29. The van der Waals surface area contributed by atoms with Crippen molar-refractivity contribution in [1.82, 2.24) is 24.6 Å². The maximum Gasteiger partial charge on any atom is 0.274 e. The van der Waals surface area contributed by atoms with Crippen molar-refractivity contribution >= 4 is 17.6 Å². The molecule has 5 rings (SSSR count). The summed E-state index contributed by atoms with van der Waals surface area (Å²) in [6.07, 6.45) is 8.63. The molecule has 3 aromatic rings. The number of rotatable bonds is 8. The summed E-state index contributed by atoms with van der Waals surface area (Å²) >= 11 is 0. The van der Waals surface area contributed by atoms with Crippen LogP contribution >= 0.6 is 0 Å². The van der Waals surface area contributed by atoms with E-state index in [0.717, 1.165) is 19.5 Å². The number of likely N-dealkylation sites (tertiary alicyclic amines) is 1. The van der Waals surface area contributed by atoms with Crippen LogP contribution in [-0.4, -0.2) is 62.3 Å². The monoisotopic (exact) mass is 490 g/mol. The van der Waals surface area contributed by atoms with Crippen molar-refractivity contribution in [3.63, 3.8) is 0 Å². The van der Waals surface area contributed by atoms with E-state index >= 15 is 0 Å². The van der Waals surface area contributed by atoms with Crippen molar-refractivity contribution in [3.05, 3.63) is 66.5 Å². The highest BCUT2D eigenvalue weighted by atomic mass is 16.5. The molecule has 1 aromatic carbocycles. The summed E-state index contributed by atoms with van der Waals surface area (Å²) in [5.74, 6) is 0.828. The molecule has 4 heterocycles. The quantitative estimate of drug-likeness (QED) is 0.510. The minimum atomic E-state index is -0.376. The van der Waals surface area contributed by atoms with E-state index < -0.39 is 0 Å². The molecule has 11 heteroatoms. The number of hydrogen-bond acceptors (Lipinski definition) is 8. The van der Waals surface area contributed by atoms with Gasteiger partial charge in [-0.25, -0.2) is 9.97 Å². The molecular formula is C25H26N6O5. The zero-order valence-electron chi connectivity index (χ0n) is 20.0. The van der Waals surface area contributed by atoms with Crippen molar-refractivity contribution in [2.75, 3.05) is 25.0 Å². The van der Waals surface area contributed by atoms with Crippen LogP contribution in [0.15, 0.2) is 55.2 Å². The minimum Gasteiger partial charge on any atom is -0.497 e. The first-order chi connectivity index (χ1) is 17.4. The van der Waals surface area contributed by atoms with Gasteiger partial charge in [0.25, 0.3) is 11.8 Å². The Labute approximate surface area is 207 Å². The number of hydrogen-bond donors (Lipinski definition) is 1. The fourth-order valence-corrected chi connectivity index (χ4v) is 3.59. The van der Waals surface area contributed by atoms with E-state index in [4.69, 9.17) is 14.2 Å². The molecule has 0 bridgehead atoms. The van der Waals surface area contributed by atoms with Crippen molar-refractivity contribution in [2.45, 2.75) is 32.4 Å². The van der Waals surface area contributed by atoms with Gasteiger partial charge in [-0.05, 0) is 38.5 Å². The molecule has 1 N–H and O–H groups in total. The van der Waals surface area contributed by atoms with Gasteiger partial charge in [0.15, 0.2) is 11.9 Å². The summed E-state index contributed by atoms with van der Waals surface area (Å²) in [6.45, 7) is 5.84. The second-order valence-electron chi connectivity index (χ2n) is 8.73. The van der Waals surface area contributed by atoms with E-state index in [-0.39, 0.29) is 35.5 Å². The first kappa shape index (κ1) is 23.3. The highest BCUT2D eigenvalue weighted by Gasteiger charge is 2.23. The number of anilines is 1. The Balaban J connectivity index is 1.35. The molecule has 11 nitrogen and oxygen atoms in total. The summed E-state index contributed by atoms with van der Waals surface area (Å²) in [5.41, 5.74) is 0.565. The molecule has 2 amide bonds. The van der Waals surface area contributed by atoms with Gasteiger partial charge in [0, 0.05) is 43.0 Å². The first-order valence-corrected chi connectivity index (χ1v) is 11.7. The average molecular weight is 491 g/mol. The van der Waals surface area contributed by atoms with Crippen molar-refractivity contribution in [3.8, 4) is 17.4 Å². The second kappa shape index (κ2) is 10.1. The van der Waals surface area contributed by atoms with Crippen LogP contribution in [0.3, 0.4) is 0 Å². The molecule has 2 aromatic heterocycles. The average Bonchev–Trinajstić information content (AvgIpc) is 3.50. The lowest BCUT2D eigenvalue weighted by Gasteiger charge is -2.30. The van der Waals surface area contributed by atoms with Gasteiger partial charge in [0.05, 0.1) is 18.7 Å². The highest BCUT2D eigenvalue weighted by molar-refractivity contribution is 6.04. The summed E-state index contributed by atoms with van der Waals surface area (Å²) < 4.78 is 18.8. The van der Waals surface area contributed by atoms with Crippen molar-refractivity contribution in [1.29, 1.82) is 0 Å². The summed E-state index contributed by atoms with van der Waals surface area (Å²) in [4.78, 5) is 35.4. The minimum absolute atomic E-state index is 0.151. The van der Waals surface area contributed by atoms with E-state index in [1.807, 2.05) is 13.8 Å². The van der Waals surface area contributed by atoms with Crippen LogP contribution in [0.2, 0.25) is 0 Å². The number of carbonyl (C=O) groups is 2. The Kier molecular flexibility index (Phi) is 6.52. The Morgan fingerprint density at radius 2 is 1.97 bits per heavy atom. The molecule has 186 valence electrons. The number of nitrogens with one attached hydrogen (secondary N) is 1. The molecule has 0 spiro atoms. The third-order valence-corrected chi connectivity index (χ3v) is 5.67. The molecule has 1 atom stereocenters. The fourth-order valence-electron chi connectivity index (χ4n) is 3.59. The van der Waals surface area contributed by atoms with Crippen molar-refractivity contribution < 1.29 is 23.8 Å². The number of ether oxygens (including phenoxy) is 3. The molecule has 0 unspecified atom stereocenters. The van der Waals surface area contributed by atoms with Crippen LogP contribution < -0.4 is 14.8 Å². The fraction of sp³-hybridized carbons (Fsp3) is 0.320. The molecule has 0 aliphatic carbocycles. The van der Waals surface area contributed by atoms with Crippen LogP contribution in [-0.2, 0) is 4.74 Å². The maximum atomic E-state index is 13.0. The Morgan fingerprint density at radius 1 is 1.14 bits per heavy atom. The summed E-state index contributed by atoms with van der Waals surface area (Å²) in [7, 11) is 0.